The zero-order valence-electron chi connectivity index (χ0n) is 19.0. The first-order valence-corrected chi connectivity index (χ1v) is 12.4. The first-order valence-electron chi connectivity index (χ1n) is 11.2. The van der Waals surface area contributed by atoms with Gasteiger partial charge in [0.05, 0.1) is 15.8 Å². The number of carbonyl (C=O) groups is 3. The highest BCUT2D eigenvalue weighted by Crippen LogP contribution is 2.72. The molecule has 4 aliphatic carbocycles. The fourth-order valence-electron chi connectivity index (χ4n) is 7.38. The molecule has 4 aliphatic rings. The average molecular weight is 546 g/mol. The Hall–Kier alpha value is -1.06. The number of aliphatic hydroxyl groups excluding tert-OH is 2. The van der Waals surface area contributed by atoms with Crippen LogP contribution in [0.15, 0.2) is 23.8 Å². The summed E-state index contributed by atoms with van der Waals surface area (Å²) in [6, 6.07) is 0. The topological polar surface area (TPSA) is 121 Å². The summed E-state index contributed by atoms with van der Waals surface area (Å²) in [6.45, 7) is 6.10. The van der Waals surface area contributed by atoms with Gasteiger partial charge in [0.25, 0.3) is 0 Å². The standard InChI is InChI=1S/C24H30BrClO7/c1-11-7-14-18-20(31)19(30)15-8-13(28)5-6-21(15,3)23(18,25)16(26)9-22(14,4)24(11,32)17(29)10-33-12(2)27/h5-6,8,11,14,16,18-20,30-32H,7,9-10H2,1-4H3/t11?,14-,16?,18+,19?,20?,21-,22-,23+,24-/m0/s1. The molecule has 7 nitrogen and oxygen atoms in total. The molecular formula is C24H30BrClO7. The Morgan fingerprint density at radius 3 is 2.55 bits per heavy atom. The van der Waals surface area contributed by atoms with Gasteiger partial charge in [-0.15, -0.1) is 11.6 Å². The lowest BCUT2D eigenvalue weighted by Gasteiger charge is -2.66. The molecule has 0 aliphatic heterocycles. The van der Waals surface area contributed by atoms with Crippen LogP contribution in [0.3, 0.4) is 0 Å². The summed E-state index contributed by atoms with van der Waals surface area (Å²) in [4.78, 5) is 36.6. The van der Waals surface area contributed by atoms with Crippen LogP contribution in [0.5, 0.6) is 0 Å². The van der Waals surface area contributed by atoms with E-state index in [4.69, 9.17) is 16.3 Å². The molecule has 0 aromatic heterocycles. The normalized spacial score (nSPS) is 50.7. The molecular weight excluding hydrogens is 516 g/mol. The van der Waals surface area contributed by atoms with Gasteiger partial charge in [-0.3, -0.25) is 14.4 Å². The van der Waals surface area contributed by atoms with Crippen molar-refractivity contribution in [3.8, 4) is 0 Å². The molecule has 182 valence electrons. The fourth-order valence-corrected chi connectivity index (χ4v) is 9.18. The van der Waals surface area contributed by atoms with E-state index in [1.54, 1.807) is 19.9 Å². The zero-order valence-corrected chi connectivity index (χ0v) is 21.4. The molecule has 0 spiro atoms. The molecule has 0 aromatic rings. The maximum atomic E-state index is 13.2. The molecule has 0 aromatic carbocycles. The lowest BCUT2D eigenvalue weighted by Crippen LogP contribution is -2.72. The summed E-state index contributed by atoms with van der Waals surface area (Å²) in [5, 5.41) is 33.6. The first-order chi connectivity index (χ1) is 15.2. The second-order valence-corrected chi connectivity index (χ2v) is 12.4. The van der Waals surface area contributed by atoms with Gasteiger partial charge >= 0.3 is 5.97 Å². The lowest BCUT2D eigenvalue weighted by molar-refractivity contribution is -0.179. The van der Waals surface area contributed by atoms with Crippen molar-refractivity contribution in [2.45, 2.75) is 68.0 Å². The molecule has 3 N–H and O–H groups in total. The minimum Gasteiger partial charge on any atom is -0.458 e. The predicted octanol–water partition coefficient (Wildman–Crippen LogP) is 2.08. The van der Waals surface area contributed by atoms with Gasteiger partial charge in [0, 0.05) is 23.7 Å². The Kier molecular flexibility index (Phi) is 5.86. The molecule has 3 saturated carbocycles. The van der Waals surface area contributed by atoms with E-state index in [0.29, 0.717) is 12.0 Å². The van der Waals surface area contributed by atoms with Crippen LogP contribution < -0.4 is 0 Å². The Morgan fingerprint density at radius 2 is 1.94 bits per heavy atom. The third-order valence-corrected chi connectivity index (χ3v) is 11.8. The second-order valence-electron chi connectivity index (χ2n) is 10.6. The maximum Gasteiger partial charge on any atom is 0.303 e. The highest BCUT2D eigenvalue weighted by molar-refractivity contribution is 9.10. The van der Waals surface area contributed by atoms with E-state index in [0.717, 1.165) is 0 Å². The van der Waals surface area contributed by atoms with Crippen molar-refractivity contribution in [3.63, 3.8) is 0 Å². The van der Waals surface area contributed by atoms with Crippen LogP contribution in [0.1, 0.15) is 40.5 Å². The molecule has 4 unspecified atom stereocenters. The number of alkyl halides is 2. The highest BCUT2D eigenvalue weighted by Gasteiger charge is 2.76. The average Bonchev–Trinajstić information content (AvgIpc) is 2.93. The summed E-state index contributed by atoms with van der Waals surface area (Å²) in [5.41, 5.74) is -3.33. The van der Waals surface area contributed by atoms with Crippen LogP contribution in [-0.2, 0) is 19.1 Å². The van der Waals surface area contributed by atoms with Crippen molar-refractivity contribution in [1.29, 1.82) is 0 Å². The number of allylic oxidation sites excluding steroid dienone is 3. The summed E-state index contributed by atoms with van der Waals surface area (Å²) in [6.07, 6.45) is 2.61. The number of esters is 1. The highest BCUT2D eigenvalue weighted by atomic mass is 79.9. The summed E-state index contributed by atoms with van der Waals surface area (Å²) in [5.74, 6) is -2.99. The van der Waals surface area contributed by atoms with Gasteiger partial charge in [-0.05, 0) is 42.4 Å². The summed E-state index contributed by atoms with van der Waals surface area (Å²) < 4.78 is 3.97. The Labute approximate surface area is 206 Å². The summed E-state index contributed by atoms with van der Waals surface area (Å²) >= 11 is 10.9. The zero-order chi connectivity index (χ0) is 24.7. The maximum absolute atomic E-state index is 13.2. The van der Waals surface area contributed by atoms with Crippen LogP contribution in [0.2, 0.25) is 0 Å². The van der Waals surface area contributed by atoms with Crippen molar-refractivity contribution in [3.05, 3.63) is 23.8 Å². The predicted molar refractivity (Wildman–Crippen MR) is 124 cm³/mol. The third-order valence-electron chi connectivity index (χ3n) is 9.10. The van der Waals surface area contributed by atoms with E-state index >= 15 is 0 Å². The quantitative estimate of drug-likeness (QED) is 0.367. The monoisotopic (exact) mass is 544 g/mol. The van der Waals surface area contributed by atoms with Gasteiger partial charge in [-0.1, -0.05) is 42.8 Å². The van der Waals surface area contributed by atoms with Gasteiger partial charge in [0.2, 0.25) is 5.78 Å². The number of Topliss-reactive ketones (excluding diaryl/α,β-unsaturated/α-hetero) is 1. The molecule has 10 atom stereocenters. The number of ether oxygens (including phenoxy) is 1. The second kappa shape index (κ2) is 7.72. The molecule has 0 bridgehead atoms. The summed E-state index contributed by atoms with van der Waals surface area (Å²) in [7, 11) is 0. The van der Waals surface area contributed by atoms with Crippen LogP contribution in [0, 0.1) is 28.6 Å². The van der Waals surface area contributed by atoms with Crippen molar-refractivity contribution in [1.82, 2.24) is 0 Å². The minimum absolute atomic E-state index is 0.237. The van der Waals surface area contributed by atoms with Gasteiger partial charge in [0.1, 0.15) is 11.7 Å². The van der Waals surface area contributed by atoms with Gasteiger partial charge in [-0.2, -0.15) is 0 Å². The number of ketones is 2. The Bertz CT molecular complexity index is 980. The van der Waals surface area contributed by atoms with Gasteiger partial charge in [0.15, 0.2) is 12.4 Å². The van der Waals surface area contributed by atoms with Crippen molar-refractivity contribution >= 4 is 45.1 Å². The van der Waals surface area contributed by atoms with E-state index in [1.807, 2.05) is 6.92 Å². The minimum atomic E-state index is -1.82. The molecule has 33 heavy (non-hydrogen) atoms. The van der Waals surface area contributed by atoms with Crippen molar-refractivity contribution < 1.29 is 34.4 Å². The van der Waals surface area contributed by atoms with E-state index in [1.165, 1.54) is 19.1 Å². The molecule has 0 amide bonds. The molecule has 0 radical (unpaired) electrons. The van der Waals surface area contributed by atoms with Gasteiger partial charge in [-0.25, -0.2) is 0 Å². The van der Waals surface area contributed by atoms with E-state index < -0.39 is 68.5 Å². The van der Waals surface area contributed by atoms with E-state index in [-0.39, 0.29) is 18.1 Å². The molecule has 4 rings (SSSR count). The number of hydrogen-bond acceptors (Lipinski definition) is 7. The molecule has 0 heterocycles. The first kappa shape index (κ1) is 25.0. The fraction of sp³-hybridized carbons (Fsp3) is 0.708. The van der Waals surface area contributed by atoms with Crippen LogP contribution in [-0.4, -0.2) is 67.0 Å². The van der Waals surface area contributed by atoms with Crippen LogP contribution in [0.25, 0.3) is 0 Å². The third kappa shape index (κ3) is 3.00. The molecule has 0 saturated heterocycles. The number of aliphatic hydroxyl groups is 3. The number of fused-ring (bicyclic) bond motifs is 5. The van der Waals surface area contributed by atoms with Crippen molar-refractivity contribution in [2.75, 3.05) is 6.61 Å². The van der Waals surface area contributed by atoms with Crippen LogP contribution >= 0.6 is 27.5 Å². The largest absolute Gasteiger partial charge is 0.458 e. The molecule has 9 heteroatoms. The number of hydrogen-bond donors (Lipinski definition) is 3. The number of carbonyl (C=O) groups excluding carboxylic acids is 3. The van der Waals surface area contributed by atoms with Crippen LogP contribution in [0.4, 0.5) is 0 Å². The number of rotatable bonds is 3. The Balaban J connectivity index is 1.84. The number of halogens is 2. The van der Waals surface area contributed by atoms with E-state index in [2.05, 4.69) is 15.9 Å². The SMILES string of the molecule is CC(=O)OCC(=O)[C@@]1(O)C(C)C[C@H]2[C@@H]3C(O)C(O)C4=CC(=O)C=C[C@]4(C)[C@@]3(Br)C(Cl)C[C@@]21C. The van der Waals surface area contributed by atoms with Gasteiger partial charge < -0.3 is 20.1 Å². The Morgan fingerprint density at radius 1 is 1.30 bits per heavy atom. The van der Waals surface area contributed by atoms with E-state index in [9.17, 15) is 29.7 Å². The molecule has 3 fully saturated rings. The lowest BCUT2D eigenvalue weighted by atomic mass is 9.45. The van der Waals surface area contributed by atoms with Crippen molar-refractivity contribution in [2.24, 2.45) is 28.6 Å². The smallest absolute Gasteiger partial charge is 0.303 e.